The van der Waals surface area contributed by atoms with Crippen molar-refractivity contribution in [2.75, 3.05) is 31.5 Å². The van der Waals surface area contributed by atoms with Gasteiger partial charge in [-0.15, -0.1) is 0 Å². The predicted octanol–water partition coefficient (Wildman–Crippen LogP) is 1.37. The summed E-state index contributed by atoms with van der Waals surface area (Å²) in [6.45, 7) is 6.19. The summed E-state index contributed by atoms with van der Waals surface area (Å²) in [5.41, 5.74) is 0.249. The summed E-state index contributed by atoms with van der Waals surface area (Å²) in [5, 5.41) is 13.4. The Hall–Kier alpha value is -3.47. The van der Waals surface area contributed by atoms with Gasteiger partial charge in [0.1, 0.15) is 16.7 Å². The number of sulfonamides is 2. The van der Waals surface area contributed by atoms with Gasteiger partial charge in [-0.3, -0.25) is 9.52 Å². The van der Waals surface area contributed by atoms with E-state index in [0.717, 1.165) is 4.31 Å². The summed E-state index contributed by atoms with van der Waals surface area (Å²) < 4.78 is 69.7. The Bertz CT molecular complexity index is 1630. The van der Waals surface area contributed by atoms with E-state index < -0.39 is 44.0 Å². The van der Waals surface area contributed by atoms with Crippen LogP contribution < -0.4 is 9.46 Å². The first-order valence-corrected chi connectivity index (χ1v) is 15.7. The molecular weight excluding hydrogens is 576 g/mol. The van der Waals surface area contributed by atoms with E-state index in [4.69, 9.17) is 9.26 Å². The Morgan fingerprint density at radius 1 is 1.24 bits per heavy atom. The molecular formula is C25H34N6O8S2. The molecule has 0 unspecified atom stereocenters. The predicted molar refractivity (Wildman–Crippen MR) is 147 cm³/mol. The van der Waals surface area contributed by atoms with E-state index in [0.29, 0.717) is 0 Å². The largest absolute Gasteiger partial charge is 0.486 e. The Labute approximate surface area is 239 Å². The van der Waals surface area contributed by atoms with Gasteiger partial charge in [0, 0.05) is 32.8 Å². The third-order valence-electron chi connectivity index (χ3n) is 6.97. The summed E-state index contributed by atoms with van der Waals surface area (Å²) >= 11 is 0. The molecule has 14 nitrogen and oxygen atoms in total. The standard InChI is InChI=1S/C25H34N6O8S2/c1-15-10-31(16(2)13-32)25(33)19-8-7-9-20(28-40(34,35)22-12-29(5)14-26-22)23(19)38-21(15)11-30(6)41(36,37)24-17(3)27-39-18(24)4/h7-9,12,14-16,21,28,32H,10-11,13H2,1-6H3/t15-,16+,21+/m0/s1. The second kappa shape index (κ2) is 11.4. The molecule has 0 spiro atoms. The molecule has 4 rings (SSSR count). The third kappa shape index (κ3) is 5.95. The Morgan fingerprint density at radius 2 is 1.95 bits per heavy atom. The number of hydrogen-bond donors (Lipinski definition) is 2. The number of imidazole rings is 1. The van der Waals surface area contributed by atoms with Gasteiger partial charge >= 0.3 is 0 Å². The first kappa shape index (κ1) is 30.5. The zero-order chi connectivity index (χ0) is 30.3. The van der Waals surface area contributed by atoms with E-state index >= 15 is 0 Å². The number of aliphatic hydroxyl groups excluding tert-OH is 1. The first-order valence-electron chi connectivity index (χ1n) is 12.8. The number of anilines is 1. The molecule has 1 amide bonds. The molecule has 41 heavy (non-hydrogen) atoms. The van der Waals surface area contributed by atoms with Crippen LogP contribution in [-0.4, -0.2) is 90.7 Å². The summed E-state index contributed by atoms with van der Waals surface area (Å²) in [7, 11) is -5.19. The fraction of sp³-hybridized carbons (Fsp3) is 0.480. The van der Waals surface area contributed by atoms with E-state index in [9.17, 15) is 26.7 Å². The van der Waals surface area contributed by atoms with Crippen LogP contribution in [0.25, 0.3) is 0 Å². The van der Waals surface area contributed by atoms with Crippen molar-refractivity contribution in [1.82, 2.24) is 23.9 Å². The van der Waals surface area contributed by atoms with E-state index in [1.807, 2.05) is 0 Å². The molecule has 1 aromatic carbocycles. The molecule has 0 aliphatic carbocycles. The smallest absolute Gasteiger partial charge is 0.281 e. The van der Waals surface area contributed by atoms with Gasteiger partial charge in [0.2, 0.25) is 10.0 Å². The quantitative estimate of drug-likeness (QED) is 0.360. The Morgan fingerprint density at radius 3 is 2.54 bits per heavy atom. The normalized spacial score (nSPS) is 18.9. The molecule has 0 bridgehead atoms. The van der Waals surface area contributed by atoms with Crippen LogP contribution in [0.15, 0.2) is 45.2 Å². The van der Waals surface area contributed by atoms with Crippen molar-refractivity contribution in [2.45, 2.75) is 49.8 Å². The molecule has 0 saturated heterocycles. The van der Waals surface area contributed by atoms with Gasteiger partial charge in [-0.05, 0) is 32.9 Å². The fourth-order valence-electron chi connectivity index (χ4n) is 4.62. The highest BCUT2D eigenvalue weighted by molar-refractivity contribution is 7.92. The van der Waals surface area contributed by atoms with Crippen LogP contribution in [-0.2, 0) is 27.1 Å². The molecule has 0 radical (unpaired) electrons. The summed E-state index contributed by atoms with van der Waals surface area (Å²) in [6, 6.07) is 3.87. The number of ether oxygens (including phenoxy) is 1. The Kier molecular flexibility index (Phi) is 8.50. The van der Waals surface area contributed by atoms with Crippen LogP contribution in [0.5, 0.6) is 5.75 Å². The number of para-hydroxylation sites is 1. The molecule has 1 aliphatic rings. The van der Waals surface area contributed by atoms with Crippen LogP contribution in [0.3, 0.4) is 0 Å². The maximum absolute atomic E-state index is 13.7. The number of benzene rings is 1. The average Bonchev–Trinajstić information content (AvgIpc) is 3.50. The molecule has 224 valence electrons. The highest BCUT2D eigenvalue weighted by Gasteiger charge is 2.37. The van der Waals surface area contributed by atoms with Gasteiger partial charge in [-0.25, -0.2) is 13.4 Å². The van der Waals surface area contributed by atoms with Gasteiger partial charge in [0.15, 0.2) is 16.5 Å². The molecule has 2 N–H and O–H groups in total. The van der Waals surface area contributed by atoms with Crippen molar-refractivity contribution in [1.29, 1.82) is 0 Å². The Balaban J connectivity index is 1.78. The van der Waals surface area contributed by atoms with Crippen LogP contribution in [0.4, 0.5) is 5.69 Å². The molecule has 2 aromatic heterocycles. The first-order chi connectivity index (χ1) is 19.2. The van der Waals surface area contributed by atoms with Gasteiger partial charge in [-0.2, -0.15) is 12.7 Å². The highest BCUT2D eigenvalue weighted by atomic mass is 32.2. The van der Waals surface area contributed by atoms with Gasteiger partial charge < -0.3 is 23.8 Å². The maximum atomic E-state index is 13.7. The molecule has 0 saturated carbocycles. The average molecular weight is 611 g/mol. The number of hydrogen-bond acceptors (Lipinski definition) is 10. The number of amides is 1. The van der Waals surface area contributed by atoms with Crippen molar-refractivity contribution >= 4 is 31.6 Å². The number of aryl methyl sites for hydroxylation is 3. The number of carbonyl (C=O) groups excluding carboxylic acids is 1. The van der Waals surface area contributed by atoms with Crippen LogP contribution in [0.2, 0.25) is 0 Å². The number of aromatic nitrogens is 3. The molecule has 16 heteroatoms. The van der Waals surface area contributed by atoms with Crippen molar-refractivity contribution < 1.29 is 36.0 Å². The van der Waals surface area contributed by atoms with E-state index in [-0.39, 0.29) is 58.1 Å². The van der Waals surface area contributed by atoms with E-state index in [1.54, 1.807) is 20.9 Å². The lowest BCUT2D eigenvalue weighted by atomic mass is 9.99. The topological polar surface area (TPSA) is 177 Å². The molecule has 3 heterocycles. The number of aliphatic hydroxyl groups is 1. The SMILES string of the molecule is Cc1noc(C)c1S(=O)(=O)N(C)C[C@H]1Oc2c(NS(=O)(=O)c3cn(C)cn3)cccc2C(=O)N([C@H](C)CO)C[C@@H]1C. The number of nitrogens with zero attached hydrogens (tertiary/aromatic N) is 5. The van der Waals surface area contributed by atoms with Crippen LogP contribution >= 0.6 is 0 Å². The minimum absolute atomic E-state index is 0.0200. The minimum atomic E-state index is -4.17. The van der Waals surface area contributed by atoms with Crippen molar-refractivity contribution in [3.63, 3.8) is 0 Å². The zero-order valence-corrected chi connectivity index (χ0v) is 25.2. The lowest BCUT2D eigenvalue weighted by Crippen LogP contribution is -2.50. The minimum Gasteiger partial charge on any atom is -0.486 e. The molecule has 1 aliphatic heterocycles. The van der Waals surface area contributed by atoms with Crippen molar-refractivity contribution in [2.24, 2.45) is 13.0 Å². The van der Waals surface area contributed by atoms with Crippen LogP contribution in [0.1, 0.15) is 35.7 Å². The monoisotopic (exact) mass is 610 g/mol. The van der Waals surface area contributed by atoms with E-state index in [1.165, 1.54) is 61.1 Å². The number of carbonyl (C=O) groups is 1. The fourth-order valence-corrected chi connectivity index (χ4v) is 7.13. The molecule has 0 fully saturated rings. The summed E-state index contributed by atoms with van der Waals surface area (Å²) in [6.07, 6.45) is 1.83. The summed E-state index contributed by atoms with van der Waals surface area (Å²) in [4.78, 5) is 19.0. The van der Waals surface area contributed by atoms with Gasteiger partial charge in [-0.1, -0.05) is 18.1 Å². The van der Waals surface area contributed by atoms with Gasteiger partial charge in [0.05, 0.1) is 36.8 Å². The maximum Gasteiger partial charge on any atom is 0.281 e. The number of fused-ring (bicyclic) bond motifs is 1. The van der Waals surface area contributed by atoms with Crippen molar-refractivity contribution in [3.05, 3.63) is 47.7 Å². The lowest BCUT2D eigenvalue weighted by Gasteiger charge is -2.38. The zero-order valence-electron chi connectivity index (χ0n) is 23.6. The van der Waals surface area contributed by atoms with Gasteiger partial charge in [0.25, 0.3) is 15.9 Å². The third-order valence-corrected chi connectivity index (χ3v) is 10.3. The highest BCUT2D eigenvalue weighted by Crippen LogP contribution is 2.36. The second-order valence-electron chi connectivity index (χ2n) is 10.2. The van der Waals surface area contributed by atoms with Crippen molar-refractivity contribution in [3.8, 4) is 5.75 Å². The number of rotatable bonds is 9. The molecule has 3 aromatic rings. The lowest BCUT2D eigenvalue weighted by molar-refractivity contribution is 0.0389. The summed E-state index contributed by atoms with van der Waals surface area (Å²) in [5.74, 6) is -0.829. The molecule has 3 atom stereocenters. The number of likely N-dealkylation sites (N-methyl/N-ethyl adjacent to an activating group) is 1. The number of nitrogens with one attached hydrogen (secondary N) is 1. The van der Waals surface area contributed by atoms with Crippen LogP contribution in [0, 0.1) is 19.8 Å². The van der Waals surface area contributed by atoms with E-state index in [2.05, 4.69) is 14.9 Å². The second-order valence-corrected chi connectivity index (χ2v) is 13.8.